The highest BCUT2D eigenvalue weighted by Gasteiger charge is 2.10. The maximum atomic E-state index is 15.1. The number of hydrogen-bond acceptors (Lipinski definition) is 0. The first-order chi connectivity index (χ1) is 15.5. The van der Waals surface area contributed by atoms with Crippen LogP contribution in [0.4, 0.5) is 13.2 Å². The molecule has 4 rings (SSSR count). The van der Waals surface area contributed by atoms with Crippen LogP contribution in [0.5, 0.6) is 0 Å². The molecule has 0 saturated heterocycles. The minimum absolute atomic E-state index is 0.254. The van der Waals surface area contributed by atoms with E-state index in [1.54, 1.807) is 6.07 Å². The molecule has 0 spiro atoms. The van der Waals surface area contributed by atoms with Gasteiger partial charge in [0.25, 0.3) is 0 Å². The maximum absolute atomic E-state index is 15.1. The molecule has 0 fully saturated rings. The predicted octanol–water partition coefficient (Wildman–Crippen LogP) is 8.22. The summed E-state index contributed by atoms with van der Waals surface area (Å²) in [6.45, 7) is 2.03. The number of aryl methyl sites for hydroxylation is 3. The number of allylic oxidation sites excluding steroid dienone is 2. The van der Waals surface area contributed by atoms with Gasteiger partial charge in [0.15, 0.2) is 11.6 Å². The minimum atomic E-state index is -0.875. The van der Waals surface area contributed by atoms with E-state index in [1.165, 1.54) is 17.7 Å². The highest BCUT2D eigenvalue weighted by molar-refractivity contribution is 5.88. The van der Waals surface area contributed by atoms with Gasteiger partial charge in [-0.25, -0.2) is 13.2 Å². The van der Waals surface area contributed by atoms with Crippen LogP contribution in [-0.4, -0.2) is 0 Å². The molecule has 32 heavy (non-hydrogen) atoms. The Hall–Kier alpha value is -3.33. The standard InChI is InChI=1S/C29H25F3/c1-2-3-4-5-20-6-10-22(11-7-20)24-15-16-26-25(19-24)14-13-23(29(26)32)12-8-21-9-17-27(30)28(31)18-21/h2-3,6-7,9-11,13-19H,4-5,8,12H2,1H3/b3-2+. The molecule has 0 heterocycles. The topological polar surface area (TPSA) is 0 Å². The summed E-state index contributed by atoms with van der Waals surface area (Å²) in [7, 11) is 0. The summed E-state index contributed by atoms with van der Waals surface area (Å²) in [5.74, 6) is -2.00. The lowest BCUT2D eigenvalue weighted by Gasteiger charge is -2.10. The van der Waals surface area contributed by atoms with E-state index in [0.717, 1.165) is 35.4 Å². The van der Waals surface area contributed by atoms with Crippen molar-refractivity contribution in [2.75, 3.05) is 0 Å². The largest absolute Gasteiger partial charge is 0.206 e. The van der Waals surface area contributed by atoms with Gasteiger partial charge in [-0.05, 0) is 84.0 Å². The van der Waals surface area contributed by atoms with Gasteiger partial charge >= 0.3 is 0 Å². The summed E-state index contributed by atoms with van der Waals surface area (Å²) >= 11 is 0. The second-order valence-corrected chi connectivity index (χ2v) is 8.03. The van der Waals surface area contributed by atoms with Crippen LogP contribution in [0, 0.1) is 17.5 Å². The predicted molar refractivity (Wildman–Crippen MR) is 126 cm³/mol. The van der Waals surface area contributed by atoms with Crippen LogP contribution in [0.25, 0.3) is 21.9 Å². The van der Waals surface area contributed by atoms with Gasteiger partial charge < -0.3 is 0 Å². The Bertz CT molecular complexity index is 1250. The highest BCUT2D eigenvalue weighted by atomic mass is 19.2. The number of halogens is 3. The average molecular weight is 431 g/mol. The van der Waals surface area contributed by atoms with Crippen LogP contribution >= 0.6 is 0 Å². The third kappa shape index (κ3) is 4.94. The molecule has 0 atom stereocenters. The molecule has 0 N–H and O–H groups in total. The third-order valence-electron chi connectivity index (χ3n) is 5.82. The Kier molecular flexibility index (Phi) is 6.75. The van der Waals surface area contributed by atoms with E-state index >= 15 is 4.39 Å². The highest BCUT2D eigenvalue weighted by Crippen LogP contribution is 2.28. The van der Waals surface area contributed by atoms with Gasteiger partial charge in [-0.1, -0.05) is 66.7 Å². The SMILES string of the molecule is C/C=C/CCc1ccc(-c2ccc3c(F)c(CCc4ccc(F)c(F)c4)ccc3c2)cc1. The number of rotatable bonds is 7. The molecular weight excluding hydrogens is 405 g/mol. The molecule has 162 valence electrons. The molecule has 4 aromatic carbocycles. The van der Waals surface area contributed by atoms with Crippen molar-refractivity contribution in [2.45, 2.75) is 32.6 Å². The first kappa shape index (κ1) is 21.9. The van der Waals surface area contributed by atoms with E-state index < -0.39 is 11.6 Å². The van der Waals surface area contributed by atoms with Crippen molar-refractivity contribution < 1.29 is 13.2 Å². The molecular formula is C29H25F3. The molecule has 3 heteroatoms. The summed E-state index contributed by atoms with van der Waals surface area (Å²) in [5, 5.41) is 1.41. The van der Waals surface area contributed by atoms with Crippen LogP contribution in [0.1, 0.15) is 30.0 Å². The Morgan fingerprint density at radius 3 is 2.16 bits per heavy atom. The summed E-state index contributed by atoms with van der Waals surface area (Å²) in [5.41, 5.74) is 4.66. The molecule has 0 amide bonds. The molecule has 0 aliphatic heterocycles. The molecule has 0 bridgehead atoms. The Balaban J connectivity index is 1.52. The van der Waals surface area contributed by atoms with E-state index in [2.05, 4.69) is 36.4 Å². The van der Waals surface area contributed by atoms with E-state index in [9.17, 15) is 8.78 Å². The van der Waals surface area contributed by atoms with Crippen molar-refractivity contribution in [3.63, 3.8) is 0 Å². The van der Waals surface area contributed by atoms with Gasteiger partial charge in [-0.2, -0.15) is 0 Å². The van der Waals surface area contributed by atoms with Crippen molar-refractivity contribution in [1.82, 2.24) is 0 Å². The van der Waals surface area contributed by atoms with E-state index in [0.29, 0.717) is 29.4 Å². The fourth-order valence-electron chi connectivity index (χ4n) is 3.96. The first-order valence-corrected chi connectivity index (χ1v) is 10.9. The van der Waals surface area contributed by atoms with Gasteiger partial charge in [-0.3, -0.25) is 0 Å². The van der Waals surface area contributed by atoms with Gasteiger partial charge in [0.2, 0.25) is 0 Å². The Morgan fingerprint density at radius 1 is 0.656 bits per heavy atom. The van der Waals surface area contributed by atoms with Crippen LogP contribution in [-0.2, 0) is 19.3 Å². The fraction of sp³-hybridized carbons (Fsp3) is 0.172. The van der Waals surface area contributed by atoms with Crippen molar-refractivity contribution in [1.29, 1.82) is 0 Å². The van der Waals surface area contributed by atoms with Crippen molar-refractivity contribution in [3.05, 3.63) is 119 Å². The van der Waals surface area contributed by atoms with E-state index in [1.807, 2.05) is 31.2 Å². The normalized spacial score (nSPS) is 11.5. The zero-order valence-corrected chi connectivity index (χ0v) is 18.0. The number of benzene rings is 4. The monoisotopic (exact) mass is 430 g/mol. The smallest absolute Gasteiger partial charge is 0.159 e. The van der Waals surface area contributed by atoms with Crippen molar-refractivity contribution >= 4 is 10.8 Å². The molecule has 0 nitrogen and oxygen atoms in total. The lowest BCUT2D eigenvalue weighted by molar-refractivity contribution is 0.507. The van der Waals surface area contributed by atoms with Gasteiger partial charge in [-0.15, -0.1) is 0 Å². The summed E-state index contributed by atoms with van der Waals surface area (Å²) in [6.07, 6.45) is 7.14. The van der Waals surface area contributed by atoms with Crippen LogP contribution in [0.15, 0.2) is 84.9 Å². The third-order valence-corrected chi connectivity index (χ3v) is 5.82. The van der Waals surface area contributed by atoms with Gasteiger partial charge in [0, 0.05) is 5.39 Å². The Labute approximate surface area is 187 Å². The minimum Gasteiger partial charge on any atom is -0.206 e. The van der Waals surface area contributed by atoms with Crippen molar-refractivity contribution in [3.8, 4) is 11.1 Å². The van der Waals surface area contributed by atoms with Crippen LogP contribution in [0.3, 0.4) is 0 Å². The first-order valence-electron chi connectivity index (χ1n) is 10.9. The van der Waals surface area contributed by atoms with E-state index in [-0.39, 0.29) is 5.82 Å². The Morgan fingerprint density at radius 2 is 1.41 bits per heavy atom. The summed E-state index contributed by atoms with van der Waals surface area (Å²) in [6, 6.07) is 21.8. The molecule has 0 unspecified atom stereocenters. The number of fused-ring (bicyclic) bond motifs is 1. The lowest BCUT2D eigenvalue weighted by atomic mass is 9.96. The zero-order valence-electron chi connectivity index (χ0n) is 18.0. The molecule has 0 saturated carbocycles. The fourth-order valence-corrected chi connectivity index (χ4v) is 3.96. The quantitative estimate of drug-likeness (QED) is 0.259. The summed E-state index contributed by atoms with van der Waals surface area (Å²) < 4.78 is 41.6. The van der Waals surface area contributed by atoms with Crippen LogP contribution in [0.2, 0.25) is 0 Å². The lowest BCUT2D eigenvalue weighted by Crippen LogP contribution is -1.97. The summed E-state index contributed by atoms with van der Waals surface area (Å²) in [4.78, 5) is 0. The van der Waals surface area contributed by atoms with Crippen molar-refractivity contribution in [2.24, 2.45) is 0 Å². The van der Waals surface area contributed by atoms with E-state index in [4.69, 9.17) is 0 Å². The molecule has 0 aliphatic carbocycles. The molecule has 0 aliphatic rings. The zero-order chi connectivity index (χ0) is 22.5. The average Bonchev–Trinajstić information content (AvgIpc) is 2.81. The van der Waals surface area contributed by atoms with Gasteiger partial charge in [0.05, 0.1) is 0 Å². The maximum Gasteiger partial charge on any atom is 0.159 e. The second-order valence-electron chi connectivity index (χ2n) is 8.03. The number of hydrogen-bond donors (Lipinski definition) is 0. The second kappa shape index (κ2) is 9.86. The van der Waals surface area contributed by atoms with Gasteiger partial charge in [0.1, 0.15) is 5.82 Å². The molecule has 0 radical (unpaired) electrons. The van der Waals surface area contributed by atoms with Crippen LogP contribution < -0.4 is 0 Å². The molecule has 4 aromatic rings. The molecule has 0 aromatic heterocycles.